The van der Waals surface area contributed by atoms with Gasteiger partial charge in [-0.2, -0.15) is 0 Å². The van der Waals surface area contributed by atoms with Gasteiger partial charge in [-0.05, 0) is 62.8 Å². The molecule has 0 aliphatic carbocycles. The van der Waals surface area contributed by atoms with Crippen molar-refractivity contribution in [1.82, 2.24) is 14.1 Å². The van der Waals surface area contributed by atoms with Crippen molar-refractivity contribution in [2.45, 2.75) is 104 Å². The fourth-order valence-electron chi connectivity index (χ4n) is 3.98. The monoisotopic (exact) mass is 443 g/mol. The summed E-state index contributed by atoms with van der Waals surface area (Å²) in [6.07, 6.45) is 5.52. The minimum Gasteiger partial charge on any atom is -0.310 e. The molecule has 0 spiro atoms. The molecule has 0 saturated heterocycles. The van der Waals surface area contributed by atoms with Crippen molar-refractivity contribution in [2.75, 3.05) is 0 Å². The Kier molecular flexibility index (Phi) is 7.18. The summed E-state index contributed by atoms with van der Waals surface area (Å²) < 4.78 is 3.46. The fourth-order valence-corrected chi connectivity index (χ4v) is 3.98. The summed E-state index contributed by atoms with van der Waals surface area (Å²) in [5.41, 5.74) is 0.328. The van der Waals surface area contributed by atoms with E-state index in [0.29, 0.717) is 5.56 Å². The topological polar surface area (TPSA) is 76.9 Å². The highest BCUT2D eigenvalue weighted by Gasteiger charge is 2.27. The Morgan fingerprint density at radius 2 is 1.50 bits per heavy atom. The molecule has 0 radical (unpaired) electrons. The number of nitrogens with one attached hydrogen (secondary N) is 1. The van der Waals surface area contributed by atoms with Crippen LogP contribution in [0.5, 0.6) is 0 Å². The number of pyridine rings is 1. The van der Waals surface area contributed by atoms with Crippen LogP contribution in [0, 0.1) is 5.92 Å². The van der Waals surface area contributed by atoms with Crippen molar-refractivity contribution in [3.63, 3.8) is 0 Å². The normalized spacial score (nSPS) is 14.9. The maximum atomic E-state index is 12.5. The van der Waals surface area contributed by atoms with Crippen LogP contribution in [0.25, 0.3) is 0 Å². The minimum absolute atomic E-state index is 0.00568. The molecule has 2 rings (SSSR count). The molecule has 2 aromatic heterocycles. The van der Waals surface area contributed by atoms with E-state index in [1.54, 1.807) is 21.4 Å². The van der Waals surface area contributed by atoms with Crippen molar-refractivity contribution in [2.24, 2.45) is 5.92 Å². The first-order valence-corrected chi connectivity index (χ1v) is 11.5. The predicted molar refractivity (Wildman–Crippen MR) is 132 cm³/mol. The van der Waals surface area contributed by atoms with Crippen LogP contribution in [0.2, 0.25) is 0 Å². The lowest BCUT2D eigenvalue weighted by Gasteiger charge is -2.31. The van der Waals surface area contributed by atoms with E-state index in [9.17, 15) is 14.4 Å². The second-order valence-corrected chi connectivity index (χ2v) is 11.9. The number of aromatic nitrogens is 3. The zero-order chi connectivity index (χ0) is 24.6. The quantitative estimate of drug-likeness (QED) is 0.703. The Morgan fingerprint density at radius 3 is 2.03 bits per heavy atom. The number of rotatable bonds is 6. The average Bonchev–Trinajstić information content (AvgIpc) is 2.64. The molecule has 2 heterocycles. The molecular weight excluding hydrogens is 402 g/mol. The van der Waals surface area contributed by atoms with Crippen LogP contribution in [0.4, 0.5) is 0 Å². The third kappa shape index (κ3) is 5.70. The van der Waals surface area contributed by atoms with Crippen LogP contribution in [0.1, 0.15) is 99.2 Å². The molecule has 2 unspecified atom stereocenters. The predicted octanol–water partition coefficient (Wildman–Crippen LogP) is 4.71. The lowest BCUT2D eigenvalue weighted by atomic mass is 9.78. The van der Waals surface area contributed by atoms with Gasteiger partial charge in [0, 0.05) is 35.6 Å². The number of aromatic amines is 1. The summed E-state index contributed by atoms with van der Waals surface area (Å²) in [5, 5.41) is 0. The highest BCUT2D eigenvalue weighted by atomic mass is 16.2. The lowest BCUT2D eigenvalue weighted by molar-refractivity contribution is 0.306. The van der Waals surface area contributed by atoms with E-state index < -0.39 is 0 Å². The van der Waals surface area contributed by atoms with E-state index in [0.717, 1.165) is 18.4 Å². The van der Waals surface area contributed by atoms with Gasteiger partial charge >= 0.3 is 5.69 Å². The van der Waals surface area contributed by atoms with Gasteiger partial charge in [0.2, 0.25) is 0 Å². The molecule has 0 saturated carbocycles. The first-order valence-electron chi connectivity index (χ1n) is 11.5. The Labute approximate surface area is 191 Å². The summed E-state index contributed by atoms with van der Waals surface area (Å²) in [5.74, 6) is 0.221. The number of H-pyrrole nitrogens is 1. The van der Waals surface area contributed by atoms with Crippen molar-refractivity contribution in [3.05, 3.63) is 66.8 Å². The zero-order valence-electron chi connectivity index (χ0n) is 21.5. The SMILES string of the molecule is CC(CCC(C)(C)c1ccc(=O)n(C(C)(C)C)c1)C(C)n1cc(C(C)(C)C)c(=O)[nH]c1=O. The molecule has 2 atom stereocenters. The Balaban J connectivity index is 2.25. The largest absolute Gasteiger partial charge is 0.328 e. The van der Waals surface area contributed by atoms with Crippen molar-refractivity contribution >= 4 is 0 Å². The molecule has 0 amide bonds. The van der Waals surface area contributed by atoms with Gasteiger partial charge in [-0.25, -0.2) is 4.79 Å². The Morgan fingerprint density at radius 1 is 0.906 bits per heavy atom. The van der Waals surface area contributed by atoms with E-state index >= 15 is 0 Å². The summed E-state index contributed by atoms with van der Waals surface area (Å²) in [4.78, 5) is 39.6. The van der Waals surface area contributed by atoms with Gasteiger partial charge in [-0.15, -0.1) is 0 Å². The maximum absolute atomic E-state index is 12.5. The highest BCUT2D eigenvalue weighted by molar-refractivity contribution is 5.21. The summed E-state index contributed by atoms with van der Waals surface area (Å²) in [6, 6.07) is 3.53. The first-order chi connectivity index (χ1) is 14.4. The van der Waals surface area contributed by atoms with Crippen molar-refractivity contribution in [3.8, 4) is 0 Å². The van der Waals surface area contributed by atoms with Crippen LogP contribution in [0.15, 0.2) is 38.9 Å². The summed E-state index contributed by atoms with van der Waals surface area (Å²) in [7, 11) is 0. The van der Waals surface area contributed by atoms with Gasteiger partial charge in [0.1, 0.15) is 0 Å². The summed E-state index contributed by atoms with van der Waals surface area (Å²) >= 11 is 0. The van der Waals surface area contributed by atoms with E-state index in [2.05, 4.69) is 25.8 Å². The van der Waals surface area contributed by atoms with Gasteiger partial charge in [-0.1, -0.05) is 47.6 Å². The third-order valence-corrected chi connectivity index (χ3v) is 6.68. The minimum atomic E-state index is -0.362. The maximum Gasteiger partial charge on any atom is 0.328 e. The van der Waals surface area contributed by atoms with Gasteiger partial charge < -0.3 is 4.57 Å². The van der Waals surface area contributed by atoms with Gasteiger partial charge in [0.05, 0.1) is 0 Å². The second kappa shape index (κ2) is 8.87. The van der Waals surface area contributed by atoms with E-state index in [1.165, 1.54) is 0 Å². The van der Waals surface area contributed by atoms with E-state index in [-0.39, 0.29) is 45.1 Å². The lowest BCUT2D eigenvalue weighted by Crippen LogP contribution is -2.38. The molecule has 6 heteroatoms. The number of nitrogens with zero attached hydrogens (tertiary/aromatic N) is 2. The van der Waals surface area contributed by atoms with E-state index in [1.807, 2.05) is 60.7 Å². The fraction of sp³-hybridized carbons (Fsp3) is 0.654. The van der Waals surface area contributed by atoms with E-state index in [4.69, 9.17) is 0 Å². The molecule has 0 aliphatic rings. The molecule has 1 N–H and O–H groups in total. The molecule has 0 bridgehead atoms. The van der Waals surface area contributed by atoms with Crippen LogP contribution >= 0.6 is 0 Å². The molecule has 0 aromatic carbocycles. The van der Waals surface area contributed by atoms with Crippen molar-refractivity contribution in [1.29, 1.82) is 0 Å². The number of hydrogen-bond donors (Lipinski definition) is 1. The van der Waals surface area contributed by atoms with Gasteiger partial charge in [0.25, 0.3) is 11.1 Å². The molecule has 32 heavy (non-hydrogen) atoms. The Bertz CT molecular complexity index is 1120. The second-order valence-electron chi connectivity index (χ2n) is 11.9. The van der Waals surface area contributed by atoms with Crippen LogP contribution in [-0.4, -0.2) is 14.1 Å². The molecule has 178 valence electrons. The van der Waals surface area contributed by atoms with Crippen LogP contribution in [-0.2, 0) is 16.4 Å². The Hall–Kier alpha value is -2.37. The zero-order valence-corrected chi connectivity index (χ0v) is 21.5. The van der Waals surface area contributed by atoms with Crippen LogP contribution in [0.3, 0.4) is 0 Å². The van der Waals surface area contributed by atoms with Gasteiger partial charge in [0.15, 0.2) is 0 Å². The molecule has 6 nitrogen and oxygen atoms in total. The standard InChI is InChI=1S/C26H41N3O3/c1-17(18(2)28-16-20(24(3,4)5)22(31)27-23(28)32)13-14-26(9,10)19-11-12-21(30)29(15-19)25(6,7)8/h11-12,15-18H,13-14H2,1-10H3,(H,27,31,32). The number of hydrogen-bond acceptors (Lipinski definition) is 3. The van der Waals surface area contributed by atoms with Crippen LogP contribution < -0.4 is 16.8 Å². The summed E-state index contributed by atoms with van der Waals surface area (Å²) in [6.45, 7) is 20.6. The third-order valence-electron chi connectivity index (χ3n) is 6.68. The smallest absolute Gasteiger partial charge is 0.310 e. The average molecular weight is 444 g/mol. The highest BCUT2D eigenvalue weighted by Crippen LogP contribution is 2.32. The van der Waals surface area contributed by atoms with Crippen molar-refractivity contribution < 1.29 is 0 Å². The molecule has 0 aliphatic heterocycles. The first kappa shape index (κ1) is 25.9. The molecular formula is C26H41N3O3. The van der Waals surface area contributed by atoms with Gasteiger partial charge in [-0.3, -0.25) is 19.1 Å². The molecule has 2 aromatic rings. The molecule has 0 fully saturated rings.